The number of benzene rings is 1. The lowest BCUT2D eigenvalue weighted by atomic mass is 10.2. The number of aromatic nitrogens is 2. The van der Waals surface area contributed by atoms with E-state index in [1.165, 1.54) is 6.20 Å². The van der Waals surface area contributed by atoms with Crippen molar-refractivity contribution in [2.45, 2.75) is 13.5 Å². The molecule has 0 atom stereocenters. The van der Waals surface area contributed by atoms with E-state index < -0.39 is 0 Å². The summed E-state index contributed by atoms with van der Waals surface area (Å²) in [6.07, 6.45) is 1.51. The minimum atomic E-state index is -0.161. The highest BCUT2D eigenvalue weighted by Crippen LogP contribution is 2.27. The summed E-state index contributed by atoms with van der Waals surface area (Å²) in [6.45, 7) is 2.21. The second kappa shape index (κ2) is 6.10. The molecule has 1 amide bonds. The molecule has 0 spiro atoms. The molecular formula is C14H17N3O3. The first-order valence-corrected chi connectivity index (χ1v) is 6.14. The van der Waals surface area contributed by atoms with Crippen LogP contribution in [0, 0.1) is 6.92 Å². The first kappa shape index (κ1) is 13.9. The highest BCUT2D eigenvalue weighted by molar-refractivity contribution is 5.94. The van der Waals surface area contributed by atoms with Crippen LogP contribution in [0.15, 0.2) is 24.4 Å². The molecular weight excluding hydrogens is 258 g/mol. The fourth-order valence-corrected chi connectivity index (χ4v) is 1.85. The minimum Gasteiger partial charge on any atom is -0.493 e. The number of aryl methyl sites for hydroxylation is 1. The minimum absolute atomic E-state index is 0.161. The molecule has 2 N–H and O–H groups in total. The lowest BCUT2D eigenvalue weighted by Crippen LogP contribution is -2.23. The standard InChI is InChI=1S/C14H17N3O3/c1-9-11(8-16-17-9)14(18)15-7-10-4-5-12(19-2)13(6-10)20-3/h4-6,8H,7H2,1-3H3,(H,15,18)(H,16,17). The SMILES string of the molecule is COc1ccc(CNC(=O)c2cn[nH]c2C)cc1OC. The van der Waals surface area contributed by atoms with Crippen molar-refractivity contribution in [2.24, 2.45) is 0 Å². The maximum atomic E-state index is 12.0. The van der Waals surface area contributed by atoms with E-state index in [1.54, 1.807) is 21.1 Å². The van der Waals surface area contributed by atoms with E-state index in [0.29, 0.717) is 23.6 Å². The van der Waals surface area contributed by atoms with Gasteiger partial charge in [0.05, 0.1) is 26.0 Å². The summed E-state index contributed by atoms with van der Waals surface area (Å²) in [6, 6.07) is 5.52. The van der Waals surface area contributed by atoms with Crippen molar-refractivity contribution >= 4 is 5.91 Å². The van der Waals surface area contributed by atoms with Gasteiger partial charge in [0.1, 0.15) is 0 Å². The highest BCUT2D eigenvalue weighted by Gasteiger charge is 2.11. The molecule has 0 saturated heterocycles. The molecule has 0 fully saturated rings. The third-order valence-corrected chi connectivity index (χ3v) is 2.98. The first-order valence-electron chi connectivity index (χ1n) is 6.14. The Morgan fingerprint density at radius 3 is 2.65 bits per heavy atom. The van der Waals surface area contributed by atoms with Crippen LogP contribution in [0.4, 0.5) is 0 Å². The van der Waals surface area contributed by atoms with Crippen molar-refractivity contribution in [2.75, 3.05) is 14.2 Å². The van der Waals surface area contributed by atoms with Crippen molar-refractivity contribution in [1.29, 1.82) is 0 Å². The summed E-state index contributed by atoms with van der Waals surface area (Å²) < 4.78 is 10.4. The lowest BCUT2D eigenvalue weighted by molar-refractivity contribution is 0.0950. The number of carbonyl (C=O) groups excluding carboxylic acids is 1. The van der Waals surface area contributed by atoms with Crippen LogP contribution in [-0.2, 0) is 6.54 Å². The van der Waals surface area contributed by atoms with E-state index in [1.807, 2.05) is 18.2 Å². The van der Waals surface area contributed by atoms with Gasteiger partial charge in [-0.2, -0.15) is 5.10 Å². The van der Waals surface area contributed by atoms with E-state index in [0.717, 1.165) is 11.3 Å². The molecule has 0 radical (unpaired) electrons. The second-order valence-corrected chi connectivity index (χ2v) is 4.28. The van der Waals surface area contributed by atoms with Crippen LogP contribution in [-0.4, -0.2) is 30.3 Å². The van der Waals surface area contributed by atoms with Crippen molar-refractivity contribution in [3.8, 4) is 11.5 Å². The Balaban J connectivity index is 2.04. The first-order chi connectivity index (χ1) is 9.65. The zero-order valence-electron chi connectivity index (χ0n) is 11.7. The molecule has 0 unspecified atom stereocenters. The van der Waals surface area contributed by atoms with Gasteiger partial charge in [0.2, 0.25) is 0 Å². The van der Waals surface area contributed by atoms with E-state index >= 15 is 0 Å². The number of hydrogen-bond acceptors (Lipinski definition) is 4. The van der Waals surface area contributed by atoms with Crippen LogP contribution in [0.1, 0.15) is 21.6 Å². The van der Waals surface area contributed by atoms with Gasteiger partial charge in [-0.3, -0.25) is 9.89 Å². The lowest BCUT2D eigenvalue weighted by Gasteiger charge is -2.10. The number of H-pyrrole nitrogens is 1. The van der Waals surface area contributed by atoms with E-state index in [4.69, 9.17) is 9.47 Å². The Hall–Kier alpha value is -2.50. The summed E-state index contributed by atoms with van der Waals surface area (Å²) in [5.74, 6) is 1.14. The van der Waals surface area contributed by atoms with Crippen molar-refractivity contribution in [3.63, 3.8) is 0 Å². The van der Waals surface area contributed by atoms with Gasteiger partial charge < -0.3 is 14.8 Å². The molecule has 0 aliphatic rings. The van der Waals surface area contributed by atoms with Gasteiger partial charge in [-0.1, -0.05) is 6.07 Å². The van der Waals surface area contributed by atoms with Crippen LogP contribution >= 0.6 is 0 Å². The molecule has 106 valence electrons. The third kappa shape index (κ3) is 2.90. The number of rotatable bonds is 5. The molecule has 1 aromatic heterocycles. The summed E-state index contributed by atoms with van der Waals surface area (Å²) in [4.78, 5) is 12.0. The summed E-state index contributed by atoms with van der Waals surface area (Å²) >= 11 is 0. The largest absolute Gasteiger partial charge is 0.493 e. The number of ether oxygens (including phenoxy) is 2. The molecule has 20 heavy (non-hydrogen) atoms. The number of amides is 1. The molecule has 1 aromatic carbocycles. The average molecular weight is 275 g/mol. The van der Waals surface area contributed by atoms with Gasteiger partial charge in [-0.25, -0.2) is 0 Å². The molecule has 2 aromatic rings. The van der Waals surface area contributed by atoms with Gasteiger partial charge in [0.15, 0.2) is 11.5 Å². The van der Waals surface area contributed by atoms with Gasteiger partial charge in [0, 0.05) is 12.2 Å². The van der Waals surface area contributed by atoms with Crippen LogP contribution in [0.5, 0.6) is 11.5 Å². The maximum absolute atomic E-state index is 12.0. The Kier molecular flexibility index (Phi) is 4.24. The monoisotopic (exact) mass is 275 g/mol. The molecule has 2 rings (SSSR count). The summed E-state index contributed by atoms with van der Waals surface area (Å²) in [5, 5.41) is 9.39. The van der Waals surface area contributed by atoms with Crippen molar-refractivity contribution in [1.82, 2.24) is 15.5 Å². The smallest absolute Gasteiger partial charge is 0.255 e. The van der Waals surface area contributed by atoms with Crippen molar-refractivity contribution < 1.29 is 14.3 Å². The molecule has 0 aliphatic carbocycles. The quantitative estimate of drug-likeness (QED) is 0.870. The van der Waals surface area contributed by atoms with Crippen LogP contribution in [0.25, 0.3) is 0 Å². The Bertz CT molecular complexity index is 607. The molecule has 0 saturated carbocycles. The molecule has 0 aliphatic heterocycles. The number of aromatic amines is 1. The summed E-state index contributed by atoms with van der Waals surface area (Å²) in [7, 11) is 3.16. The highest BCUT2D eigenvalue weighted by atomic mass is 16.5. The fourth-order valence-electron chi connectivity index (χ4n) is 1.85. The predicted octanol–water partition coefficient (Wildman–Crippen LogP) is 1.67. The molecule has 6 heteroatoms. The Labute approximate surface area is 117 Å². The number of methoxy groups -OCH3 is 2. The Morgan fingerprint density at radius 2 is 2.05 bits per heavy atom. The van der Waals surface area contributed by atoms with E-state index in [-0.39, 0.29) is 5.91 Å². The number of carbonyl (C=O) groups is 1. The summed E-state index contributed by atoms with van der Waals surface area (Å²) in [5.41, 5.74) is 2.22. The molecule has 0 bridgehead atoms. The fraction of sp³-hybridized carbons (Fsp3) is 0.286. The van der Waals surface area contributed by atoms with Crippen molar-refractivity contribution in [3.05, 3.63) is 41.2 Å². The third-order valence-electron chi connectivity index (χ3n) is 2.98. The average Bonchev–Trinajstić information content (AvgIpc) is 2.90. The number of hydrogen-bond donors (Lipinski definition) is 2. The van der Waals surface area contributed by atoms with Gasteiger partial charge in [-0.15, -0.1) is 0 Å². The number of nitrogens with one attached hydrogen (secondary N) is 2. The van der Waals surface area contributed by atoms with Crippen LogP contribution in [0.2, 0.25) is 0 Å². The van der Waals surface area contributed by atoms with Gasteiger partial charge in [-0.05, 0) is 24.6 Å². The zero-order valence-corrected chi connectivity index (χ0v) is 11.7. The van der Waals surface area contributed by atoms with E-state index in [9.17, 15) is 4.79 Å². The van der Waals surface area contributed by atoms with Crippen LogP contribution in [0.3, 0.4) is 0 Å². The normalized spacial score (nSPS) is 10.2. The molecule has 6 nitrogen and oxygen atoms in total. The second-order valence-electron chi connectivity index (χ2n) is 4.28. The number of nitrogens with zero attached hydrogens (tertiary/aromatic N) is 1. The van der Waals surface area contributed by atoms with Gasteiger partial charge in [0.25, 0.3) is 5.91 Å². The van der Waals surface area contributed by atoms with Gasteiger partial charge >= 0.3 is 0 Å². The molecule has 1 heterocycles. The maximum Gasteiger partial charge on any atom is 0.255 e. The predicted molar refractivity (Wildman–Crippen MR) is 74.0 cm³/mol. The van der Waals surface area contributed by atoms with Crippen LogP contribution < -0.4 is 14.8 Å². The zero-order chi connectivity index (χ0) is 14.5. The topological polar surface area (TPSA) is 76.2 Å². The van der Waals surface area contributed by atoms with E-state index in [2.05, 4.69) is 15.5 Å². The Morgan fingerprint density at radius 1 is 1.30 bits per heavy atom.